The molecule has 4 heterocycles. The fourth-order valence-corrected chi connectivity index (χ4v) is 10.8. The lowest BCUT2D eigenvalue weighted by Crippen LogP contribution is -2.69. The topological polar surface area (TPSA) is 320 Å². The molecule has 0 radical (unpaired) electrons. The first kappa shape index (κ1) is 43.2. The summed E-state index contributed by atoms with van der Waals surface area (Å²) in [4.78, 5) is 77.5. The van der Waals surface area contributed by atoms with Crippen LogP contribution in [0.1, 0.15) is 52.0 Å². The maximum Gasteiger partial charge on any atom is 0.481 e. The number of aliphatic hydroxyl groups is 1. The van der Waals surface area contributed by atoms with Crippen LogP contribution in [0.25, 0.3) is 11.0 Å². The summed E-state index contributed by atoms with van der Waals surface area (Å²) in [7, 11) is -5.57. The molecule has 5 rings (SSSR count). The molecule has 0 aromatic carbocycles. The van der Waals surface area contributed by atoms with Crippen LogP contribution in [0.3, 0.4) is 0 Å². The molecule has 7 unspecified atom stereocenters. The van der Waals surface area contributed by atoms with Crippen molar-refractivity contribution in [1.29, 1.82) is 0 Å². The minimum Gasteiger partial charge on any atom is -0.463 e. The van der Waals surface area contributed by atoms with Gasteiger partial charge in [0.15, 0.2) is 17.8 Å². The molecule has 55 heavy (non-hydrogen) atoms. The molecule has 0 bridgehead atoms. The van der Waals surface area contributed by atoms with E-state index >= 15 is 4.39 Å². The number of nitrogens with two attached hydrogens (primary N) is 2. The molecule has 3 fully saturated rings. The SMILES string of the molecule is CC(=O)OC[C@H](OC(C)=O)C1CC(O)(COC(C)=O)C2C(OP(=O)(O)OP(O)(=S)OC[C@H]3O[C@@H](c4snc5c(N)ncnc45)[C@](C)(F)[C@@H]3N)OC12OC(C)=O. The van der Waals surface area contributed by atoms with Gasteiger partial charge in [-0.1, -0.05) is 0 Å². The number of fused-ring (bicyclic) bond motifs is 2. The van der Waals surface area contributed by atoms with E-state index < -0.39 is 124 Å². The monoisotopic (exact) mass is 861 g/mol. The van der Waals surface area contributed by atoms with Crippen LogP contribution in [0, 0.1) is 11.8 Å². The lowest BCUT2D eigenvalue weighted by molar-refractivity contribution is -0.434. The van der Waals surface area contributed by atoms with E-state index in [2.05, 4.69) is 14.3 Å². The fourth-order valence-electron chi connectivity index (χ4n) is 6.75. The maximum absolute atomic E-state index is 16.0. The first-order chi connectivity index (χ1) is 25.4. The summed E-state index contributed by atoms with van der Waals surface area (Å²) in [6.07, 6.45) is -5.49. The number of ether oxygens (including phenoxy) is 6. The zero-order chi connectivity index (χ0) is 40.9. The molecule has 3 aliphatic rings. The Hall–Kier alpha value is -2.90. The van der Waals surface area contributed by atoms with Gasteiger partial charge in [0.05, 0.1) is 23.4 Å². The van der Waals surface area contributed by atoms with Crippen LogP contribution in [-0.4, -0.2) is 115 Å². The molecule has 12 atom stereocenters. The minimum absolute atomic E-state index is 0.0562. The Morgan fingerprint density at radius 3 is 2.40 bits per heavy atom. The fraction of sp³-hybridized carbons (Fsp3) is 0.679. The first-order valence-electron chi connectivity index (χ1n) is 16.1. The number of phosphoric ester groups is 1. The third-order valence-electron chi connectivity index (χ3n) is 9.00. The highest BCUT2D eigenvalue weighted by Crippen LogP contribution is 2.67. The van der Waals surface area contributed by atoms with Crippen LogP contribution >= 0.6 is 26.1 Å². The normalized spacial score (nSPS) is 34.1. The smallest absolute Gasteiger partial charge is 0.463 e. The summed E-state index contributed by atoms with van der Waals surface area (Å²) in [5.41, 5.74) is 7.89. The van der Waals surface area contributed by atoms with Gasteiger partial charge in [0.1, 0.15) is 60.4 Å². The van der Waals surface area contributed by atoms with E-state index in [0.717, 1.165) is 52.5 Å². The molecule has 0 amide bonds. The molecular weight excluding hydrogens is 823 g/mol. The van der Waals surface area contributed by atoms with Crippen LogP contribution in [0.4, 0.5) is 10.2 Å². The number of rotatable bonds is 15. The third-order valence-corrected chi connectivity index (χ3v) is 13.4. The van der Waals surface area contributed by atoms with Crippen molar-refractivity contribution in [3.05, 3.63) is 11.2 Å². The number of esters is 4. The van der Waals surface area contributed by atoms with Crippen molar-refractivity contribution in [3.8, 4) is 0 Å². The second kappa shape index (κ2) is 15.8. The number of carbonyl (C=O) groups excluding carboxylic acids is 4. The predicted octanol–water partition coefficient (Wildman–Crippen LogP) is 0.572. The first-order valence-corrected chi connectivity index (χ1v) is 21.0. The Labute approximate surface area is 320 Å². The third kappa shape index (κ3) is 8.98. The second-order valence-electron chi connectivity index (χ2n) is 13.1. The highest BCUT2D eigenvalue weighted by atomic mass is 32.5. The van der Waals surface area contributed by atoms with Gasteiger partial charge in [0.2, 0.25) is 5.79 Å². The molecular formula is C28H38FN5O17P2S2. The average Bonchev–Trinajstić information content (AvgIpc) is 3.62. The van der Waals surface area contributed by atoms with Crippen molar-refractivity contribution in [2.75, 3.05) is 25.6 Å². The molecule has 2 saturated heterocycles. The van der Waals surface area contributed by atoms with Crippen LogP contribution in [0.2, 0.25) is 0 Å². The Morgan fingerprint density at radius 1 is 1.11 bits per heavy atom. The summed E-state index contributed by atoms with van der Waals surface area (Å²) < 4.78 is 81.0. The number of phosphoric acid groups is 1. The number of anilines is 1. The Morgan fingerprint density at radius 2 is 1.78 bits per heavy atom. The predicted molar refractivity (Wildman–Crippen MR) is 184 cm³/mol. The van der Waals surface area contributed by atoms with Crippen LogP contribution in [-0.2, 0) is 77.3 Å². The molecule has 2 aliphatic heterocycles. The van der Waals surface area contributed by atoms with E-state index in [1.54, 1.807) is 0 Å². The van der Waals surface area contributed by atoms with Crippen molar-refractivity contribution in [2.45, 2.75) is 88.7 Å². The lowest BCUT2D eigenvalue weighted by atomic mass is 9.82. The number of halogens is 1. The Bertz CT molecular complexity index is 1940. The quantitative estimate of drug-likeness (QED) is 0.0928. The number of aromatic nitrogens is 3. The maximum atomic E-state index is 16.0. The second-order valence-corrected chi connectivity index (χ2v) is 18.3. The lowest BCUT2D eigenvalue weighted by Gasteiger charge is -2.54. The van der Waals surface area contributed by atoms with Crippen LogP contribution < -0.4 is 11.5 Å². The molecule has 27 heteroatoms. The van der Waals surface area contributed by atoms with Crippen LogP contribution in [0.15, 0.2) is 6.33 Å². The highest BCUT2D eigenvalue weighted by Gasteiger charge is 2.79. The van der Waals surface area contributed by atoms with Gasteiger partial charge in [-0.3, -0.25) is 23.7 Å². The number of hydrogen-bond donors (Lipinski definition) is 5. The van der Waals surface area contributed by atoms with Gasteiger partial charge in [-0.25, -0.2) is 23.2 Å². The summed E-state index contributed by atoms with van der Waals surface area (Å²) in [5, 5.41) is 11.8. The zero-order valence-corrected chi connectivity index (χ0v) is 33.0. The van der Waals surface area contributed by atoms with Crippen molar-refractivity contribution in [3.63, 3.8) is 0 Å². The van der Waals surface area contributed by atoms with Crippen molar-refractivity contribution >= 4 is 78.6 Å². The van der Waals surface area contributed by atoms with E-state index in [0.29, 0.717) is 0 Å². The summed E-state index contributed by atoms with van der Waals surface area (Å²) in [6.45, 7) is -1.71. The van der Waals surface area contributed by atoms with Crippen molar-refractivity contribution in [1.82, 2.24) is 14.3 Å². The molecule has 2 aromatic heterocycles. The minimum atomic E-state index is -5.57. The van der Waals surface area contributed by atoms with E-state index in [4.69, 9.17) is 65.1 Å². The number of carbonyl (C=O) groups is 4. The summed E-state index contributed by atoms with van der Waals surface area (Å²) >= 11 is 5.78. The largest absolute Gasteiger partial charge is 0.481 e. The molecule has 1 saturated carbocycles. The Kier molecular flexibility index (Phi) is 12.4. The van der Waals surface area contributed by atoms with Gasteiger partial charge in [-0.05, 0) is 36.7 Å². The van der Waals surface area contributed by atoms with Gasteiger partial charge in [0.25, 0.3) is 0 Å². The zero-order valence-electron chi connectivity index (χ0n) is 29.6. The molecule has 2 aromatic rings. The van der Waals surface area contributed by atoms with E-state index in [1.165, 1.54) is 0 Å². The summed E-state index contributed by atoms with van der Waals surface area (Å²) in [5.74, 6) is -8.79. The average molecular weight is 862 g/mol. The molecule has 7 N–H and O–H groups in total. The van der Waals surface area contributed by atoms with Crippen LogP contribution in [0.5, 0.6) is 0 Å². The van der Waals surface area contributed by atoms with Gasteiger partial charge >= 0.3 is 38.4 Å². The molecule has 22 nitrogen and oxygen atoms in total. The number of nitrogen functional groups attached to an aromatic ring is 1. The van der Waals surface area contributed by atoms with Crippen molar-refractivity contribution in [2.24, 2.45) is 17.6 Å². The van der Waals surface area contributed by atoms with Gasteiger partial charge in [0, 0.05) is 27.7 Å². The van der Waals surface area contributed by atoms with E-state index in [-0.39, 0.29) is 21.7 Å². The molecule has 1 aliphatic carbocycles. The molecule has 0 spiro atoms. The van der Waals surface area contributed by atoms with E-state index in [9.17, 15) is 38.6 Å². The van der Waals surface area contributed by atoms with E-state index in [1.807, 2.05) is 0 Å². The standard InChI is InChI=1S/C28H38FN5O17P2S2/c1-11(35)43-7-16(46-13(3)37)15-6-27(39,9-44-12(2)36)21-25(49-28(15,21)48-14(4)38)50-52(40,41)51-53(42,54)45-8-17-22(30)26(5,29)23(47-17)20-18-19(34-55-20)24(31)33-10-32-18/h10,15-17,21-23,25,39H,6-9,30H2,1-5H3,(H,40,41)(H,42,54)(H2,31,32,33)/t15?,16-,17+,21?,22+,23-,25?,26+,27?,28?,53?/m0/s1. The molecule has 306 valence electrons. The number of nitrogens with zero attached hydrogens (tertiary/aromatic N) is 3. The van der Waals surface area contributed by atoms with Crippen molar-refractivity contribution < 1.29 is 84.8 Å². The number of hydrogen-bond acceptors (Lipinski definition) is 22. The number of alkyl halides is 1. The highest BCUT2D eigenvalue weighted by molar-refractivity contribution is 8.08. The van der Waals surface area contributed by atoms with Gasteiger partial charge in [-0.2, -0.15) is 4.37 Å². The Balaban J connectivity index is 1.32. The summed E-state index contributed by atoms with van der Waals surface area (Å²) in [6, 6.07) is -1.40. The van der Waals surface area contributed by atoms with Gasteiger partial charge in [-0.15, -0.1) is 0 Å². The van der Waals surface area contributed by atoms with Gasteiger partial charge < -0.3 is 59.3 Å².